The van der Waals surface area contributed by atoms with Crippen LogP contribution in [0.4, 0.5) is 20.6 Å². The second-order valence-electron chi connectivity index (χ2n) is 5.69. The maximum Gasteiger partial charge on any atom is 0.322 e. The average Bonchev–Trinajstić information content (AvgIpc) is 2.63. The second-order valence-corrected chi connectivity index (χ2v) is 6.12. The van der Waals surface area contributed by atoms with Gasteiger partial charge < -0.3 is 15.1 Å². The zero-order valence-electron chi connectivity index (χ0n) is 13.4. The van der Waals surface area contributed by atoms with Crippen LogP contribution in [-0.4, -0.2) is 37.1 Å². The average molecular weight is 359 g/mol. The summed E-state index contributed by atoms with van der Waals surface area (Å²) in [6, 6.07) is 12.9. The number of hydrogen-bond donors (Lipinski definition) is 1. The van der Waals surface area contributed by atoms with Gasteiger partial charge in [0, 0.05) is 36.9 Å². The predicted molar refractivity (Wildman–Crippen MR) is 95.4 cm³/mol. The summed E-state index contributed by atoms with van der Waals surface area (Å²) < 4.78 is 13.2. The van der Waals surface area contributed by atoms with E-state index in [9.17, 15) is 9.18 Å². The first-order valence-corrected chi connectivity index (χ1v) is 8.21. The van der Waals surface area contributed by atoms with E-state index in [2.05, 4.69) is 10.2 Å². The van der Waals surface area contributed by atoms with Gasteiger partial charge in [0.2, 0.25) is 0 Å². The fourth-order valence-electron chi connectivity index (χ4n) is 2.75. The number of nitriles is 1. The van der Waals surface area contributed by atoms with Crippen LogP contribution in [0.1, 0.15) is 5.56 Å². The third-order valence-corrected chi connectivity index (χ3v) is 4.32. The third kappa shape index (κ3) is 4.01. The van der Waals surface area contributed by atoms with Gasteiger partial charge in [-0.3, -0.25) is 0 Å². The summed E-state index contributed by atoms with van der Waals surface area (Å²) in [5.41, 5.74) is 1.44. The Morgan fingerprint density at radius 2 is 1.92 bits per heavy atom. The molecule has 1 saturated heterocycles. The van der Waals surface area contributed by atoms with Crippen molar-refractivity contribution in [3.8, 4) is 6.07 Å². The van der Waals surface area contributed by atoms with Gasteiger partial charge >= 0.3 is 6.03 Å². The highest BCUT2D eigenvalue weighted by Crippen LogP contribution is 2.21. The maximum atomic E-state index is 13.2. The number of nitrogens with zero attached hydrogens (tertiary/aromatic N) is 3. The summed E-state index contributed by atoms with van der Waals surface area (Å²) in [6.07, 6.45) is 0. The van der Waals surface area contributed by atoms with Crippen LogP contribution in [0.2, 0.25) is 5.02 Å². The number of rotatable bonds is 2. The molecule has 1 aliphatic rings. The van der Waals surface area contributed by atoms with Crippen molar-refractivity contribution in [3.63, 3.8) is 0 Å². The summed E-state index contributed by atoms with van der Waals surface area (Å²) >= 11 is 6.02. The van der Waals surface area contributed by atoms with Crippen LogP contribution in [0.5, 0.6) is 0 Å². The lowest BCUT2D eigenvalue weighted by Gasteiger charge is -2.36. The lowest BCUT2D eigenvalue weighted by Crippen LogP contribution is -2.50. The topological polar surface area (TPSA) is 59.4 Å². The molecule has 7 heteroatoms. The standard InChI is InChI=1S/C18H16ClFN4O/c19-14-2-1-3-16(11-14)23-6-8-24(9-7-23)18(25)22-17-5-4-15(20)10-13(17)12-21/h1-5,10-11H,6-9H2,(H,22,25). The van der Waals surface area contributed by atoms with Crippen molar-refractivity contribution < 1.29 is 9.18 Å². The molecule has 25 heavy (non-hydrogen) atoms. The summed E-state index contributed by atoms with van der Waals surface area (Å²) in [6.45, 7) is 2.45. The minimum atomic E-state index is -0.510. The van der Waals surface area contributed by atoms with E-state index in [0.717, 1.165) is 11.8 Å². The number of urea groups is 1. The van der Waals surface area contributed by atoms with Crippen molar-refractivity contribution in [1.29, 1.82) is 5.26 Å². The van der Waals surface area contributed by atoms with Crippen LogP contribution in [0.25, 0.3) is 0 Å². The van der Waals surface area contributed by atoms with E-state index in [-0.39, 0.29) is 11.6 Å². The molecule has 1 aliphatic heterocycles. The molecule has 2 amide bonds. The summed E-state index contributed by atoms with van der Waals surface area (Å²) in [4.78, 5) is 16.2. The number of anilines is 2. The highest BCUT2D eigenvalue weighted by molar-refractivity contribution is 6.30. The molecule has 5 nitrogen and oxygen atoms in total. The number of carbonyl (C=O) groups is 1. The quantitative estimate of drug-likeness (QED) is 0.890. The Balaban J connectivity index is 1.61. The molecule has 0 saturated carbocycles. The molecule has 2 aromatic carbocycles. The largest absolute Gasteiger partial charge is 0.368 e. The summed E-state index contributed by atoms with van der Waals surface area (Å²) in [5.74, 6) is -0.510. The van der Waals surface area contributed by atoms with Crippen LogP contribution in [0.15, 0.2) is 42.5 Å². The van der Waals surface area contributed by atoms with Crippen LogP contribution in [-0.2, 0) is 0 Å². The number of hydrogen-bond acceptors (Lipinski definition) is 3. The van der Waals surface area contributed by atoms with Gasteiger partial charge in [-0.2, -0.15) is 5.26 Å². The van der Waals surface area contributed by atoms with E-state index in [1.165, 1.54) is 12.1 Å². The van der Waals surface area contributed by atoms with Crippen molar-refractivity contribution in [1.82, 2.24) is 4.90 Å². The molecular formula is C18H16ClFN4O. The fraction of sp³-hybridized carbons (Fsp3) is 0.222. The first-order valence-electron chi connectivity index (χ1n) is 7.83. The molecule has 1 fully saturated rings. The molecule has 1 heterocycles. The Hall–Kier alpha value is -2.78. The lowest BCUT2D eigenvalue weighted by atomic mass is 10.2. The van der Waals surface area contributed by atoms with Crippen LogP contribution in [0.3, 0.4) is 0 Å². The highest BCUT2D eigenvalue weighted by atomic mass is 35.5. The van der Waals surface area contributed by atoms with Crippen molar-refractivity contribution in [2.75, 3.05) is 36.4 Å². The molecule has 0 spiro atoms. The van der Waals surface area contributed by atoms with Crippen molar-refractivity contribution >= 4 is 29.0 Å². The number of piperazine rings is 1. The van der Waals surface area contributed by atoms with E-state index in [1.807, 2.05) is 30.3 Å². The number of benzene rings is 2. The number of amides is 2. The van der Waals surface area contributed by atoms with Gasteiger partial charge in [0.25, 0.3) is 0 Å². The van der Waals surface area contributed by atoms with Gasteiger partial charge in [-0.25, -0.2) is 9.18 Å². The zero-order chi connectivity index (χ0) is 17.8. The van der Waals surface area contributed by atoms with Crippen molar-refractivity contribution in [3.05, 3.63) is 58.9 Å². The Labute approximate surface area is 150 Å². The molecule has 0 aromatic heterocycles. The molecule has 128 valence electrons. The highest BCUT2D eigenvalue weighted by Gasteiger charge is 2.22. The first kappa shape index (κ1) is 17.1. The van der Waals surface area contributed by atoms with Crippen molar-refractivity contribution in [2.24, 2.45) is 0 Å². The van der Waals surface area contributed by atoms with Gasteiger partial charge in [0.15, 0.2) is 0 Å². The predicted octanol–water partition coefficient (Wildman–Crippen LogP) is 3.70. The van der Waals surface area contributed by atoms with Crippen LogP contribution < -0.4 is 10.2 Å². The molecule has 1 N–H and O–H groups in total. The molecule has 3 rings (SSSR count). The summed E-state index contributed by atoms with van der Waals surface area (Å²) in [5, 5.41) is 12.4. The van der Waals surface area contributed by atoms with Gasteiger partial charge in [0.05, 0.1) is 11.3 Å². The Morgan fingerprint density at radius 1 is 1.16 bits per heavy atom. The Bertz CT molecular complexity index is 828. The van der Waals surface area contributed by atoms with Gasteiger partial charge in [-0.1, -0.05) is 17.7 Å². The molecule has 0 bridgehead atoms. The third-order valence-electron chi connectivity index (χ3n) is 4.08. The molecule has 2 aromatic rings. The van der Waals surface area contributed by atoms with E-state index in [1.54, 1.807) is 4.90 Å². The summed E-state index contributed by atoms with van der Waals surface area (Å²) in [7, 11) is 0. The normalized spacial score (nSPS) is 14.1. The minimum absolute atomic E-state index is 0.103. The Kier molecular flexibility index (Phi) is 5.05. The Morgan fingerprint density at radius 3 is 2.60 bits per heavy atom. The van der Waals surface area contributed by atoms with E-state index in [4.69, 9.17) is 16.9 Å². The molecule has 0 unspecified atom stereocenters. The van der Waals surface area contributed by atoms with E-state index >= 15 is 0 Å². The number of halogens is 2. The van der Waals surface area contributed by atoms with Crippen molar-refractivity contribution in [2.45, 2.75) is 0 Å². The van der Waals surface area contributed by atoms with Crippen LogP contribution in [0, 0.1) is 17.1 Å². The van der Waals surface area contributed by atoms with Gasteiger partial charge in [-0.15, -0.1) is 0 Å². The molecule has 0 atom stereocenters. The van der Waals surface area contributed by atoms with Gasteiger partial charge in [0.1, 0.15) is 11.9 Å². The van der Waals surface area contributed by atoms with Gasteiger partial charge in [-0.05, 0) is 36.4 Å². The molecule has 0 aliphatic carbocycles. The maximum absolute atomic E-state index is 13.2. The minimum Gasteiger partial charge on any atom is -0.368 e. The number of nitrogens with one attached hydrogen (secondary N) is 1. The SMILES string of the molecule is N#Cc1cc(F)ccc1NC(=O)N1CCN(c2cccc(Cl)c2)CC1. The molecular weight excluding hydrogens is 343 g/mol. The second kappa shape index (κ2) is 7.41. The molecule has 0 radical (unpaired) electrons. The lowest BCUT2D eigenvalue weighted by molar-refractivity contribution is 0.208. The first-order chi connectivity index (χ1) is 12.1. The van der Waals surface area contributed by atoms with E-state index < -0.39 is 5.82 Å². The van der Waals surface area contributed by atoms with E-state index in [0.29, 0.717) is 36.9 Å². The zero-order valence-corrected chi connectivity index (χ0v) is 14.1. The number of carbonyl (C=O) groups excluding carboxylic acids is 1. The smallest absolute Gasteiger partial charge is 0.322 e. The fourth-order valence-corrected chi connectivity index (χ4v) is 2.94. The monoisotopic (exact) mass is 358 g/mol. The van der Waals surface area contributed by atoms with Crippen LogP contribution >= 0.6 is 11.6 Å².